The molecule has 14 heavy (non-hydrogen) atoms. The molecule has 0 bridgehead atoms. The number of hydrogen-bond acceptors (Lipinski definition) is 2. The lowest BCUT2D eigenvalue weighted by Crippen LogP contribution is -2.23. The molecule has 0 aromatic rings. The number of carbonyl (C=O) groups is 1. The summed E-state index contributed by atoms with van der Waals surface area (Å²) in [5.41, 5.74) is 0.0594. The molecule has 3 heteroatoms. The zero-order chi connectivity index (χ0) is 11.0. The minimum absolute atomic E-state index is 0.0315. The van der Waals surface area contributed by atoms with Crippen molar-refractivity contribution in [3.8, 4) is 0 Å². The van der Waals surface area contributed by atoms with E-state index in [0.717, 1.165) is 6.42 Å². The van der Waals surface area contributed by atoms with E-state index in [4.69, 9.17) is 4.74 Å². The number of methoxy groups -OCH3 is 1. The van der Waals surface area contributed by atoms with Gasteiger partial charge in [-0.3, -0.25) is 4.79 Å². The van der Waals surface area contributed by atoms with E-state index in [1.165, 1.54) is 0 Å². The average molecular weight is 199 g/mol. The van der Waals surface area contributed by atoms with Gasteiger partial charge in [0.25, 0.3) is 0 Å². The summed E-state index contributed by atoms with van der Waals surface area (Å²) in [7, 11) is 1.65. The van der Waals surface area contributed by atoms with Crippen LogP contribution in [-0.2, 0) is 9.53 Å². The van der Waals surface area contributed by atoms with Gasteiger partial charge in [0.1, 0.15) is 0 Å². The number of hydrogen-bond donors (Lipinski definition) is 1. The summed E-state index contributed by atoms with van der Waals surface area (Å²) < 4.78 is 4.87. The van der Waals surface area contributed by atoms with Crippen LogP contribution < -0.4 is 5.32 Å². The molecule has 1 amide bonds. The van der Waals surface area contributed by atoms with Gasteiger partial charge in [-0.25, -0.2) is 0 Å². The van der Waals surface area contributed by atoms with Crippen molar-refractivity contribution in [2.24, 2.45) is 5.41 Å². The molecule has 0 saturated heterocycles. The van der Waals surface area contributed by atoms with Crippen molar-refractivity contribution in [3.63, 3.8) is 0 Å². The highest BCUT2D eigenvalue weighted by atomic mass is 16.5. The van der Waals surface area contributed by atoms with E-state index in [9.17, 15) is 4.79 Å². The van der Waals surface area contributed by atoms with Crippen molar-refractivity contribution in [2.75, 3.05) is 20.3 Å². The Bertz CT molecular complexity index is 192. The number of allylic oxidation sites excluding steroid dienone is 1. The molecule has 0 radical (unpaired) electrons. The van der Waals surface area contributed by atoms with Crippen LogP contribution in [0.1, 0.15) is 27.2 Å². The maximum Gasteiger partial charge on any atom is 0.243 e. The summed E-state index contributed by atoms with van der Waals surface area (Å²) in [5.74, 6) is -0.0315. The third kappa shape index (κ3) is 9.26. The van der Waals surface area contributed by atoms with E-state index in [0.29, 0.717) is 13.2 Å². The molecule has 3 nitrogen and oxygen atoms in total. The van der Waals surface area contributed by atoms with Crippen LogP contribution in [0.3, 0.4) is 0 Å². The number of ether oxygens (including phenoxy) is 1. The van der Waals surface area contributed by atoms with Gasteiger partial charge in [-0.05, 0) is 17.9 Å². The topological polar surface area (TPSA) is 38.3 Å². The van der Waals surface area contributed by atoms with E-state index in [2.05, 4.69) is 26.1 Å². The highest BCUT2D eigenvalue weighted by molar-refractivity contribution is 5.87. The van der Waals surface area contributed by atoms with Crippen molar-refractivity contribution in [1.29, 1.82) is 0 Å². The first-order valence-corrected chi connectivity index (χ1v) is 4.92. The number of rotatable bonds is 5. The van der Waals surface area contributed by atoms with Gasteiger partial charge in [0.15, 0.2) is 0 Å². The lowest BCUT2D eigenvalue weighted by molar-refractivity contribution is -0.116. The Hall–Kier alpha value is -0.830. The van der Waals surface area contributed by atoms with Gasteiger partial charge in [0, 0.05) is 20.3 Å². The lowest BCUT2D eigenvalue weighted by atomic mass is 9.96. The summed E-state index contributed by atoms with van der Waals surface area (Å²) in [5, 5.41) is 2.78. The first-order valence-electron chi connectivity index (χ1n) is 4.92. The molecule has 0 aromatic carbocycles. The maximum atomic E-state index is 11.2. The summed E-state index contributed by atoms with van der Waals surface area (Å²) in [6.45, 7) is 7.52. The molecule has 0 aliphatic heterocycles. The van der Waals surface area contributed by atoms with Crippen LogP contribution in [0.5, 0.6) is 0 Å². The normalized spacial score (nSPS) is 12.0. The predicted molar refractivity (Wildman–Crippen MR) is 58.1 cm³/mol. The smallest absolute Gasteiger partial charge is 0.243 e. The highest BCUT2D eigenvalue weighted by Gasteiger charge is 2.04. The molecule has 1 N–H and O–H groups in total. The Balaban J connectivity index is 3.61. The van der Waals surface area contributed by atoms with Crippen LogP contribution >= 0.6 is 0 Å². The van der Waals surface area contributed by atoms with Gasteiger partial charge in [0.05, 0.1) is 0 Å². The summed E-state index contributed by atoms with van der Waals surface area (Å²) in [4.78, 5) is 11.2. The Kier molecular flexibility index (Phi) is 6.21. The SMILES string of the molecule is COCCCNC(=O)/C=C/C(C)(C)C. The molecule has 0 fully saturated rings. The van der Waals surface area contributed by atoms with Crippen molar-refractivity contribution in [3.05, 3.63) is 12.2 Å². The van der Waals surface area contributed by atoms with Crippen molar-refractivity contribution < 1.29 is 9.53 Å². The minimum Gasteiger partial charge on any atom is -0.385 e. The molecule has 0 unspecified atom stereocenters. The maximum absolute atomic E-state index is 11.2. The second-order valence-corrected chi connectivity index (χ2v) is 4.34. The van der Waals surface area contributed by atoms with Gasteiger partial charge in [0.2, 0.25) is 5.91 Å². The zero-order valence-electron chi connectivity index (χ0n) is 9.59. The van der Waals surface area contributed by atoms with Crippen molar-refractivity contribution in [2.45, 2.75) is 27.2 Å². The van der Waals surface area contributed by atoms with E-state index in [-0.39, 0.29) is 11.3 Å². The number of carbonyl (C=O) groups excluding carboxylic acids is 1. The number of nitrogens with one attached hydrogen (secondary N) is 1. The van der Waals surface area contributed by atoms with E-state index in [1.54, 1.807) is 13.2 Å². The predicted octanol–water partition coefficient (Wildman–Crippen LogP) is 1.74. The molecule has 0 rings (SSSR count). The third-order valence-corrected chi connectivity index (χ3v) is 1.56. The summed E-state index contributed by atoms with van der Waals surface area (Å²) in [6, 6.07) is 0. The van der Waals surface area contributed by atoms with Crippen LogP contribution in [0.15, 0.2) is 12.2 Å². The molecule has 82 valence electrons. The fourth-order valence-electron chi connectivity index (χ4n) is 0.813. The quantitative estimate of drug-likeness (QED) is 0.541. The van der Waals surface area contributed by atoms with Gasteiger partial charge >= 0.3 is 0 Å². The Morgan fingerprint density at radius 2 is 2.07 bits per heavy atom. The molecule has 0 aliphatic rings. The van der Waals surface area contributed by atoms with E-state index < -0.39 is 0 Å². The molecular weight excluding hydrogens is 178 g/mol. The Morgan fingerprint density at radius 1 is 1.43 bits per heavy atom. The Morgan fingerprint density at radius 3 is 2.57 bits per heavy atom. The summed E-state index contributed by atoms with van der Waals surface area (Å²) >= 11 is 0. The first-order chi connectivity index (χ1) is 6.45. The third-order valence-electron chi connectivity index (χ3n) is 1.56. The van der Waals surface area contributed by atoms with Crippen LogP contribution in [0, 0.1) is 5.41 Å². The standard InChI is InChI=1S/C11H21NO2/c1-11(2,3)7-6-10(13)12-8-5-9-14-4/h6-7H,5,8-9H2,1-4H3,(H,12,13)/b7-6+. The van der Waals surface area contributed by atoms with E-state index in [1.807, 2.05) is 6.08 Å². The molecule has 0 heterocycles. The van der Waals surface area contributed by atoms with Gasteiger partial charge < -0.3 is 10.1 Å². The molecule has 0 aliphatic carbocycles. The summed E-state index contributed by atoms with van der Waals surface area (Å²) in [6.07, 6.45) is 4.34. The molecule has 0 aromatic heterocycles. The molecule has 0 atom stereocenters. The fourth-order valence-corrected chi connectivity index (χ4v) is 0.813. The average Bonchev–Trinajstić information content (AvgIpc) is 2.08. The molecule has 0 saturated carbocycles. The highest BCUT2D eigenvalue weighted by Crippen LogP contribution is 2.13. The van der Waals surface area contributed by atoms with Crippen molar-refractivity contribution in [1.82, 2.24) is 5.32 Å². The first kappa shape index (κ1) is 13.2. The lowest BCUT2D eigenvalue weighted by Gasteiger charge is -2.10. The second-order valence-electron chi connectivity index (χ2n) is 4.34. The van der Waals surface area contributed by atoms with Gasteiger partial charge in [-0.15, -0.1) is 0 Å². The van der Waals surface area contributed by atoms with Gasteiger partial charge in [-0.2, -0.15) is 0 Å². The minimum atomic E-state index is -0.0315. The van der Waals surface area contributed by atoms with Gasteiger partial charge in [-0.1, -0.05) is 26.8 Å². The number of amides is 1. The van der Waals surface area contributed by atoms with Crippen molar-refractivity contribution >= 4 is 5.91 Å². The van der Waals surface area contributed by atoms with E-state index >= 15 is 0 Å². The fraction of sp³-hybridized carbons (Fsp3) is 0.727. The van der Waals surface area contributed by atoms with Crippen LogP contribution in [0.25, 0.3) is 0 Å². The van der Waals surface area contributed by atoms with Crippen LogP contribution in [0.2, 0.25) is 0 Å². The largest absolute Gasteiger partial charge is 0.385 e. The monoisotopic (exact) mass is 199 g/mol. The Labute approximate surface area is 86.5 Å². The van der Waals surface area contributed by atoms with Crippen LogP contribution in [-0.4, -0.2) is 26.2 Å². The van der Waals surface area contributed by atoms with Crippen LogP contribution in [0.4, 0.5) is 0 Å². The molecular formula is C11H21NO2. The second kappa shape index (κ2) is 6.60. The molecule has 0 spiro atoms. The zero-order valence-corrected chi connectivity index (χ0v) is 9.59.